The van der Waals surface area contributed by atoms with E-state index in [-0.39, 0.29) is 5.75 Å². The van der Waals surface area contributed by atoms with Crippen molar-refractivity contribution in [3.05, 3.63) is 24.3 Å². The molecule has 0 amide bonds. The predicted molar refractivity (Wildman–Crippen MR) is 47.6 cm³/mol. The molecular formula is C9H11OS. The number of hydrogen-bond acceptors (Lipinski definition) is 1. The fourth-order valence-corrected chi connectivity index (χ4v) is 1.63. The smallest absolute Gasteiger partial charge is 0.178 e. The highest BCUT2D eigenvalue weighted by Crippen LogP contribution is 2.24. The summed E-state index contributed by atoms with van der Waals surface area (Å²) >= 11 is 1.77. The summed E-state index contributed by atoms with van der Waals surface area (Å²) in [5, 5.41) is 11.3. The van der Waals surface area contributed by atoms with Gasteiger partial charge in [0.25, 0.3) is 0 Å². The molecule has 0 bridgehead atoms. The van der Waals surface area contributed by atoms with Crippen molar-refractivity contribution < 1.29 is 5.11 Å². The fourth-order valence-electron chi connectivity index (χ4n) is 0.790. The van der Waals surface area contributed by atoms with E-state index in [0.717, 1.165) is 0 Å². The molecule has 0 aromatic heterocycles. The zero-order valence-electron chi connectivity index (χ0n) is 6.70. The predicted octanol–water partition coefficient (Wildman–Crippen LogP) is 3.33. The van der Waals surface area contributed by atoms with Crippen molar-refractivity contribution >= 4 is 11.8 Å². The fraction of sp³-hybridized carbons (Fsp3) is 0.333. The summed E-state index contributed by atoms with van der Waals surface area (Å²) < 4.78 is 0. The first-order valence-corrected chi connectivity index (χ1v) is 4.50. The summed E-state index contributed by atoms with van der Waals surface area (Å²) in [7, 11) is 0. The average molecular weight is 167 g/mol. The quantitative estimate of drug-likeness (QED) is 0.618. The Kier molecular flexibility index (Phi) is 2.83. The molecule has 0 aliphatic rings. The molecule has 1 nitrogen and oxygen atoms in total. The molecule has 0 unspecified atom stereocenters. The third kappa shape index (κ3) is 2.85. The standard InChI is InChI=1S/C9H11OS/c1-7(2)11-9-5-3-8(10)4-6-9/h3-7H,1-2H3. The molecule has 1 aromatic carbocycles. The molecule has 0 saturated heterocycles. The number of rotatable bonds is 2. The van der Waals surface area contributed by atoms with Crippen molar-refractivity contribution in [2.24, 2.45) is 0 Å². The van der Waals surface area contributed by atoms with Gasteiger partial charge in [-0.3, -0.25) is 5.11 Å². The van der Waals surface area contributed by atoms with Crippen molar-refractivity contribution in [2.45, 2.75) is 24.0 Å². The minimum atomic E-state index is 0.0816. The van der Waals surface area contributed by atoms with Gasteiger partial charge in [-0.05, 0) is 24.3 Å². The van der Waals surface area contributed by atoms with Crippen molar-refractivity contribution in [1.82, 2.24) is 0 Å². The molecule has 1 aromatic rings. The van der Waals surface area contributed by atoms with Crippen LogP contribution < -0.4 is 0 Å². The molecule has 2 heteroatoms. The highest BCUT2D eigenvalue weighted by Gasteiger charge is 1.97. The van der Waals surface area contributed by atoms with E-state index in [2.05, 4.69) is 13.8 Å². The molecule has 0 aliphatic heterocycles. The second kappa shape index (κ2) is 3.67. The third-order valence-corrected chi connectivity index (χ3v) is 2.21. The van der Waals surface area contributed by atoms with Crippen LogP contribution in [0, 0.1) is 0 Å². The van der Waals surface area contributed by atoms with Crippen LogP contribution >= 0.6 is 11.8 Å². The van der Waals surface area contributed by atoms with Crippen LogP contribution in [0.3, 0.4) is 0 Å². The largest absolute Gasteiger partial charge is 0.290 e. The van der Waals surface area contributed by atoms with Crippen LogP contribution in [0.2, 0.25) is 0 Å². The highest BCUT2D eigenvalue weighted by molar-refractivity contribution is 7.99. The van der Waals surface area contributed by atoms with E-state index >= 15 is 0 Å². The lowest BCUT2D eigenvalue weighted by atomic mass is 10.3. The van der Waals surface area contributed by atoms with E-state index in [4.69, 9.17) is 0 Å². The minimum Gasteiger partial charge on any atom is -0.290 e. The highest BCUT2D eigenvalue weighted by atomic mass is 32.2. The van der Waals surface area contributed by atoms with Crippen LogP contribution in [0.15, 0.2) is 29.2 Å². The van der Waals surface area contributed by atoms with Gasteiger partial charge in [0.05, 0.1) is 0 Å². The lowest BCUT2D eigenvalue weighted by Crippen LogP contribution is -1.84. The van der Waals surface area contributed by atoms with Crippen LogP contribution in [0.25, 0.3) is 0 Å². The normalized spacial score (nSPS) is 10.5. The first-order chi connectivity index (χ1) is 5.18. The topological polar surface area (TPSA) is 19.9 Å². The van der Waals surface area contributed by atoms with E-state index in [1.165, 1.54) is 4.90 Å². The second-order valence-electron chi connectivity index (χ2n) is 2.64. The monoisotopic (exact) mass is 167 g/mol. The summed E-state index contributed by atoms with van der Waals surface area (Å²) in [5.41, 5.74) is 0. The summed E-state index contributed by atoms with van der Waals surface area (Å²) in [4.78, 5) is 1.17. The Morgan fingerprint density at radius 3 is 2.18 bits per heavy atom. The molecule has 0 spiro atoms. The van der Waals surface area contributed by atoms with E-state index < -0.39 is 0 Å². The Labute approximate surface area is 71.4 Å². The molecule has 0 heterocycles. The SMILES string of the molecule is CC(C)Sc1ccc([O])cc1. The maximum Gasteiger partial charge on any atom is 0.178 e. The Bertz CT molecular complexity index is 216. The number of benzene rings is 1. The van der Waals surface area contributed by atoms with Crippen LogP contribution in [0.1, 0.15) is 13.8 Å². The maximum absolute atomic E-state index is 10.7. The van der Waals surface area contributed by atoms with E-state index in [0.29, 0.717) is 5.25 Å². The van der Waals surface area contributed by atoms with Crippen molar-refractivity contribution in [1.29, 1.82) is 0 Å². The van der Waals surface area contributed by atoms with Crippen LogP contribution in [0.4, 0.5) is 0 Å². The molecule has 0 saturated carbocycles. The van der Waals surface area contributed by atoms with E-state index in [1.807, 2.05) is 12.1 Å². The zero-order valence-corrected chi connectivity index (χ0v) is 7.52. The molecule has 59 valence electrons. The molecule has 0 fully saturated rings. The van der Waals surface area contributed by atoms with Crippen molar-refractivity contribution in [3.63, 3.8) is 0 Å². The molecule has 1 radical (unpaired) electrons. The number of hydrogen-bond donors (Lipinski definition) is 0. The van der Waals surface area contributed by atoms with Gasteiger partial charge in [0, 0.05) is 10.1 Å². The third-order valence-electron chi connectivity index (χ3n) is 1.20. The van der Waals surface area contributed by atoms with E-state index in [1.54, 1.807) is 23.9 Å². The van der Waals surface area contributed by atoms with Gasteiger partial charge in [-0.2, -0.15) is 0 Å². The summed E-state index contributed by atoms with van der Waals surface area (Å²) in [6.45, 7) is 4.27. The van der Waals surface area contributed by atoms with Gasteiger partial charge in [0.15, 0.2) is 5.75 Å². The Morgan fingerprint density at radius 1 is 1.18 bits per heavy atom. The molecule has 1 rings (SSSR count). The lowest BCUT2D eigenvalue weighted by Gasteiger charge is -2.02. The Balaban J connectivity index is 2.66. The maximum atomic E-state index is 10.7. The first-order valence-electron chi connectivity index (χ1n) is 3.62. The Hall–Kier alpha value is -0.630. The van der Waals surface area contributed by atoms with Gasteiger partial charge < -0.3 is 0 Å². The van der Waals surface area contributed by atoms with Crippen LogP contribution in [-0.2, 0) is 5.11 Å². The van der Waals surface area contributed by atoms with Gasteiger partial charge in [-0.25, -0.2) is 0 Å². The Morgan fingerprint density at radius 2 is 1.73 bits per heavy atom. The minimum absolute atomic E-state index is 0.0816. The molecule has 0 atom stereocenters. The second-order valence-corrected chi connectivity index (χ2v) is 4.29. The molecular weight excluding hydrogens is 156 g/mol. The van der Waals surface area contributed by atoms with Crippen molar-refractivity contribution in [2.75, 3.05) is 0 Å². The van der Waals surface area contributed by atoms with Crippen LogP contribution in [0.5, 0.6) is 5.75 Å². The molecule has 0 N–H and O–H groups in total. The molecule has 0 aliphatic carbocycles. The van der Waals surface area contributed by atoms with Gasteiger partial charge in [-0.15, -0.1) is 11.8 Å². The van der Waals surface area contributed by atoms with Gasteiger partial charge in [-0.1, -0.05) is 13.8 Å². The molecule has 11 heavy (non-hydrogen) atoms. The number of thioether (sulfide) groups is 1. The summed E-state index contributed by atoms with van der Waals surface area (Å²) in [6, 6.07) is 6.94. The average Bonchev–Trinajstić information content (AvgIpc) is 1.93. The van der Waals surface area contributed by atoms with Gasteiger partial charge in [0.1, 0.15) is 0 Å². The van der Waals surface area contributed by atoms with Crippen molar-refractivity contribution in [3.8, 4) is 5.75 Å². The summed E-state index contributed by atoms with van der Waals surface area (Å²) in [6.07, 6.45) is 0. The van der Waals surface area contributed by atoms with Gasteiger partial charge >= 0.3 is 0 Å². The first kappa shape index (κ1) is 8.47. The zero-order chi connectivity index (χ0) is 8.27. The van der Waals surface area contributed by atoms with Crippen LogP contribution in [-0.4, -0.2) is 5.25 Å². The lowest BCUT2D eigenvalue weighted by molar-refractivity contribution is 0.354. The summed E-state index contributed by atoms with van der Waals surface area (Å²) in [5.74, 6) is 0.0816. The van der Waals surface area contributed by atoms with E-state index in [9.17, 15) is 5.11 Å². The van der Waals surface area contributed by atoms with Gasteiger partial charge in [0.2, 0.25) is 0 Å².